The molecule has 0 fully saturated rings. The van der Waals surface area contributed by atoms with Crippen molar-refractivity contribution in [1.29, 1.82) is 0 Å². The number of hydrogen-bond donors (Lipinski definition) is 3. The van der Waals surface area contributed by atoms with E-state index < -0.39 is 11.9 Å². The van der Waals surface area contributed by atoms with Crippen LogP contribution in [0.3, 0.4) is 0 Å². The fourth-order valence-electron chi connectivity index (χ4n) is 0.123. The Morgan fingerprint density at radius 2 is 1.83 bits per heavy atom. The standard InChI is InChI=1S/C4H7NO2.C3H2O2/c1-2-3(5)4(6)7;1-2-3(4)5/h2H,5H2,1H3,(H,6,7);1H,(H,4,5)/b3-2-;. The van der Waals surface area contributed by atoms with Gasteiger partial charge in [-0.15, -0.1) is 6.42 Å². The van der Waals surface area contributed by atoms with Crippen molar-refractivity contribution in [2.24, 2.45) is 5.73 Å². The Morgan fingerprint density at radius 1 is 1.50 bits per heavy atom. The number of carboxylic acid groups (broad SMARTS) is 2. The predicted octanol–water partition coefficient (Wildman–Crippen LogP) is -0.362. The normalized spacial score (nSPS) is 8.83. The third-order valence-corrected chi connectivity index (χ3v) is 0.681. The number of terminal acetylenes is 1. The van der Waals surface area contributed by atoms with Crippen LogP contribution in [0.4, 0.5) is 0 Å². The Morgan fingerprint density at radius 3 is 1.83 bits per heavy atom. The van der Waals surface area contributed by atoms with E-state index in [2.05, 4.69) is 6.42 Å². The summed E-state index contributed by atoms with van der Waals surface area (Å²) < 4.78 is 0. The summed E-state index contributed by atoms with van der Waals surface area (Å²) in [7, 11) is 0. The quantitative estimate of drug-likeness (QED) is 0.369. The third-order valence-electron chi connectivity index (χ3n) is 0.681. The molecular weight excluding hydrogens is 162 g/mol. The summed E-state index contributed by atoms with van der Waals surface area (Å²) in [4.78, 5) is 18.9. The topological polar surface area (TPSA) is 101 Å². The lowest BCUT2D eigenvalue weighted by atomic mass is 10.4. The van der Waals surface area contributed by atoms with Crippen molar-refractivity contribution in [2.75, 3.05) is 0 Å². The molecule has 0 aromatic rings. The van der Waals surface area contributed by atoms with Crippen LogP contribution in [0.5, 0.6) is 0 Å². The van der Waals surface area contributed by atoms with Crippen molar-refractivity contribution in [3.63, 3.8) is 0 Å². The minimum Gasteiger partial charge on any atom is -0.477 e. The number of hydrogen-bond acceptors (Lipinski definition) is 3. The lowest BCUT2D eigenvalue weighted by Gasteiger charge is -1.85. The van der Waals surface area contributed by atoms with Crippen LogP contribution in [0.1, 0.15) is 6.92 Å². The molecule has 5 heteroatoms. The average molecular weight is 171 g/mol. The van der Waals surface area contributed by atoms with Crippen LogP contribution >= 0.6 is 0 Å². The third kappa shape index (κ3) is 10.9. The summed E-state index contributed by atoms with van der Waals surface area (Å²) in [6.45, 7) is 1.57. The van der Waals surface area contributed by atoms with Gasteiger partial charge < -0.3 is 15.9 Å². The monoisotopic (exact) mass is 171 g/mol. The summed E-state index contributed by atoms with van der Waals surface area (Å²) in [5.41, 5.74) is 4.77. The summed E-state index contributed by atoms with van der Waals surface area (Å²) in [5.74, 6) is -0.840. The number of allylic oxidation sites excluding steroid dienone is 1. The van der Waals surface area contributed by atoms with E-state index in [-0.39, 0.29) is 5.70 Å². The molecule has 0 saturated carbocycles. The molecule has 0 atom stereocenters. The van der Waals surface area contributed by atoms with Gasteiger partial charge in [-0.25, -0.2) is 9.59 Å². The van der Waals surface area contributed by atoms with E-state index in [1.54, 1.807) is 6.92 Å². The average Bonchev–Trinajstić information content (AvgIpc) is 2.04. The maximum atomic E-state index is 9.74. The molecule has 0 heterocycles. The summed E-state index contributed by atoms with van der Waals surface area (Å²) in [6.07, 6.45) is 5.66. The van der Waals surface area contributed by atoms with Crippen molar-refractivity contribution in [3.8, 4) is 12.3 Å². The molecule has 0 unspecified atom stereocenters. The summed E-state index contributed by atoms with van der Waals surface area (Å²) >= 11 is 0. The van der Waals surface area contributed by atoms with Gasteiger partial charge in [-0.05, 0) is 6.92 Å². The number of aliphatic carboxylic acids is 2. The highest BCUT2D eigenvalue weighted by molar-refractivity contribution is 5.85. The van der Waals surface area contributed by atoms with Crippen molar-refractivity contribution in [3.05, 3.63) is 11.8 Å². The van der Waals surface area contributed by atoms with Gasteiger partial charge in [-0.1, -0.05) is 6.08 Å². The molecule has 0 amide bonds. The Balaban J connectivity index is 0. The molecule has 0 radical (unpaired) electrons. The van der Waals surface area contributed by atoms with Gasteiger partial charge in [0, 0.05) is 5.92 Å². The first-order chi connectivity index (χ1) is 5.45. The smallest absolute Gasteiger partial charge is 0.381 e. The number of carboxylic acids is 2. The van der Waals surface area contributed by atoms with Gasteiger partial charge in [-0.3, -0.25) is 0 Å². The molecule has 0 spiro atoms. The SMILES string of the molecule is C#CC(=O)O.C/C=C(\N)C(=O)O. The van der Waals surface area contributed by atoms with Gasteiger partial charge in [-0.2, -0.15) is 0 Å². The Bertz CT molecular complexity index is 236. The van der Waals surface area contributed by atoms with Crippen molar-refractivity contribution in [2.45, 2.75) is 6.92 Å². The minimum absolute atomic E-state index is 0.111. The molecular formula is C7H9NO4. The van der Waals surface area contributed by atoms with Gasteiger partial charge >= 0.3 is 11.9 Å². The Labute approximate surface area is 69.5 Å². The zero-order valence-corrected chi connectivity index (χ0v) is 6.44. The van der Waals surface area contributed by atoms with E-state index >= 15 is 0 Å². The molecule has 4 N–H and O–H groups in total. The van der Waals surface area contributed by atoms with Crippen LogP contribution in [0.15, 0.2) is 11.8 Å². The fraction of sp³-hybridized carbons (Fsp3) is 0.143. The zero-order valence-electron chi connectivity index (χ0n) is 6.44. The summed E-state index contributed by atoms with van der Waals surface area (Å²) in [6, 6.07) is 0. The molecule has 0 aliphatic rings. The number of carbonyl (C=O) groups is 2. The Kier molecular flexibility index (Phi) is 7.56. The molecule has 0 aliphatic heterocycles. The second kappa shape index (κ2) is 7.15. The van der Waals surface area contributed by atoms with E-state index in [1.165, 1.54) is 12.0 Å². The van der Waals surface area contributed by atoms with E-state index in [0.29, 0.717) is 0 Å². The largest absolute Gasteiger partial charge is 0.477 e. The molecule has 5 nitrogen and oxygen atoms in total. The molecule has 0 aromatic heterocycles. The van der Waals surface area contributed by atoms with E-state index in [9.17, 15) is 4.79 Å². The maximum absolute atomic E-state index is 9.74. The highest BCUT2D eigenvalue weighted by Crippen LogP contribution is 1.78. The van der Waals surface area contributed by atoms with Gasteiger partial charge in [0.15, 0.2) is 0 Å². The molecule has 0 rings (SSSR count). The highest BCUT2D eigenvalue weighted by Gasteiger charge is 1.94. The van der Waals surface area contributed by atoms with Gasteiger partial charge in [0.25, 0.3) is 0 Å². The van der Waals surface area contributed by atoms with E-state index in [0.717, 1.165) is 0 Å². The highest BCUT2D eigenvalue weighted by atomic mass is 16.4. The zero-order chi connectivity index (χ0) is 10.1. The molecule has 12 heavy (non-hydrogen) atoms. The second-order valence-electron chi connectivity index (χ2n) is 1.50. The van der Waals surface area contributed by atoms with E-state index in [1.807, 2.05) is 0 Å². The molecule has 0 saturated heterocycles. The Hall–Kier alpha value is -1.96. The predicted molar refractivity (Wildman–Crippen MR) is 42.0 cm³/mol. The number of rotatable bonds is 1. The van der Waals surface area contributed by atoms with Crippen LogP contribution in [0.2, 0.25) is 0 Å². The summed E-state index contributed by atoms with van der Waals surface area (Å²) in [5, 5.41) is 15.5. The molecule has 0 aliphatic carbocycles. The first-order valence-electron chi connectivity index (χ1n) is 2.80. The lowest BCUT2D eigenvalue weighted by Crippen LogP contribution is -2.08. The van der Waals surface area contributed by atoms with Crippen LogP contribution in [-0.4, -0.2) is 22.2 Å². The van der Waals surface area contributed by atoms with Gasteiger partial charge in [0.2, 0.25) is 0 Å². The van der Waals surface area contributed by atoms with Crippen LogP contribution < -0.4 is 5.73 Å². The first kappa shape index (κ1) is 12.7. The molecule has 0 bridgehead atoms. The first-order valence-corrected chi connectivity index (χ1v) is 2.80. The molecule has 0 aromatic carbocycles. The number of nitrogens with two attached hydrogens (primary N) is 1. The van der Waals surface area contributed by atoms with Crippen molar-refractivity contribution < 1.29 is 19.8 Å². The van der Waals surface area contributed by atoms with Crippen LogP contribution in [-0.2, 0) is 9.59 Å². The van der Waals surface area contributed by atoms with Gasteiger partial charge in [0.05, 0.1) is 0 Å². The maximum Gasteiger partial charge on any atom is 0.381 e. The van der Waals surface area contributed by atoms with Crippen LogP contribution in [0.25, 0.3) is 0 Å². The van der Waals surface area contributed by atoms with E-state index in [4.69, 9.17) is 20.7 Å². The fourth-order valence-corrected chi connectivity index (χ4v) is 0.123. The van der Waals surface area contributed by atoms with Gasteiger partial charge in [0.1, 0.15) is 5.70 Å². The molecule has 66 valence electrons. The van der Waals surface area contributed by atoms with Crippen LogP contribution in [0, 0.1) is 12.3 Å². The minimum atomic E-state index is -1.22. The second-order valence-corrected chi connectivity index (χ2v) is 1.50. The van der Waals surface area contributed by atoms with Crippen molar-refractivity contribution in [1.82, 2.24) is 0 Å². The lowest BCUT2D eigenvalue weighted by molar-refractivity contribution is -0.133. The van der Waals surface area contributed by atoms with Crippen molar-refractivity contribution >= 4 is 11.9 Å².